The van der Waals surface area contributed by atoms with Crippen LogP contribution in [0.15, 0.2) is 48.7 Å². The zero-order valence-corrected chi connectivity index (χ0v) is 13.8. The number of hydrogen-bond donors (Lipinski definition) is 1. The molecule has 1 N–H and O–H groups in total. The number of pyridine rings is 1. The molecule has 1 aromatic heterocycles. The Hall–Kier alpha value is -2.40. The number of amides is 1. The molecule has 1 saturated heterocycles. The average molecular weight is 326 g/mol. The third kappa shape index (κ3) is 3.74. The standard InChI is InChI=1S/C19H22N2O3/c1-14-7-8-15(13-22)12-21(14)19(23)16-9-10-18(20-11-16)24-17-5-3-2-4-6-17/h2-6,9-11,14-15,22H,7-8,12-13H2,1H3. The van der Waals surface area contributed by atoms with E-state index >= 15 is 0 Å². The Labute approximate surface area is 141 Å². The highest BCUT2D eigenvalue weighted by atomic mass is 16.5. The SMILES string of the molecule is CC1CCC(CO)CN1C(=O)c1ccc(Oc2ccccc2)nc1. The maximum Gasteiger partial charge on any atom is 0.255 e. The van der Waals surface area contributed by atoms with E-state index in [9.17, 15) is 9.90 Å². The molecule has 1 aliphatic heterocycles. The van der Waals surface area contributed by atoms with E-state index in [0.717, 1.165) is 12.8 Å². The highest BCUT2D eigenvalue weighted by Gasteiger charge is 2.29. The Morgan fingerprint density at radius 3 is 2.71 bits per heavy atom. The predicted octanol–water partition coefficient (Wildman–Crippen LogP) is 3.11. The molecule has 2 unspecified atom stereocenters. The topological polar surface area (TPSA) is 62.7 Å². The summed E-state index contributed by atoms with van der Waals surface area (Å²) in [4.78, 5) is 18.8. The van der Waals surface area contributed by atoms with E-state index in [-0.39, 0.29) is 24.5 Å². The number of nitrogens with zero attached hydrogens (tertiary/aromatic N) is 2. The number of piperidine rings is 1. The molecule has 126 valence electrons. The van der Waals surface area contributed by atoms with Gasteiger partial charge in [-0.15, -0.1) is 0 Å². The number of aliphatic hydroxyl groups excluding tert-OH is 1. The van der Waals surface area contributed by atoms with Crippen LogP contribution in [-0.4, -0.2) is 40.1 Å². The zero-order chi connectivity index (χ0) is 16.9. The molecule has 5 heteroatoms. The number of hydrogen-bond acceptors (Lipinski definition) is 4. The van der Waals surface area contributed by atoms with Gasteiger partial charge >= 0.3 is 0 Å². The number of para-hydroxylation sites is 1. The van der Waals surface area contributed by atoms with Gasteiger partial charge in [0.05, 0.1) is 5.56 Å². The largest absolute Gasteiger partial charge is 0.439 e. The van der Waals surface area contributed by atoms with Gasteiger partial charge in [-0.05, 0) is 43.9 Å². The molecule has 1 amide bonds. The van der Waals surface area contributed by atoms with Crippen molar-refractivity contribution in [2.24, 2.45) is 5.92 Å². The van der Waals surface area contributed by atoms with Crippen LogP contribution in [0.5, 0.6) is 11.6 Å². The maximum absolute atomic E-state index is 12.7. The Kier molecular flexibility index (Phi) is 5.11. The van der Waals surface area contributed by atoms with Crippen molar-refractivity contribution in [2.45, 2.75) is 25.8 Å². The van der Waals surface area contributed by atoms with Gasteiger partial charge in [0.1, 0.15) is 5.75 Å². The minimum atomic E-state index is -0.0422. The van der Waals surface area contributed by atoms with Crippen LogP contribution in [-0.2, 0) is 0 Å². The van der Waals surface area contributed by atoms with Crippen LogP contribution in [0, 0.1) is 5.92 Å². The summed E-state index contributed by atoms with van der Waals surface area (Å²) in [7, 11) is 0. The Bertz CT molecular complexity index is 673. The normalized spacial score (nSPS) is 20.7. The zero-order valence-electron chi connectivity index (χ0n) is 13.8. The molecule has 3 rings (SSSR count). The molecule has 1 fully saturated rings. The molecule has 2 atom stereocenters. The fourth-order valence-corrected chi connectivity index (χ4v) is 2.96. The molecule has 0 saturated carbocycles. The second kappa shape index (κ2) is 7.45. The summed E-state index contributed by atoms with van der Waals surface area (Å²) in [5.74, 6) is 1.29. The molecular weight excluding hydrogens is 304 g/mol. The van der Waals surface area contributed by atoms with E-state index in [1.165, 1.54) is 0 Å². The van der Waals surface area contributed by atoms with Crippen molar-refractivity contribution in [3.63, 3.8) is 0 Å². The van der Waals surface area contributed by atoms with Crippen molar-refractivity contribution >= 4 is 5.91 Å². The quantitative estimate of drug-likeness (QED) is 0.938. The van der Waals surface area contributed by atoms with Gasteiger partial charge in [-0.2, -0.15) is 0 Å². The summed E-state index contributed by atoms with van der Waals surface area (Å²) < 4.78 is 5.65. The second-order valence-corrected chi connectivity index (χ2v) is 6.23. The van der Waals surface area contributed by atoms with E-state index in [1.54, 1.807) is 18.3 Å². The second-order valence-electron chi connectivity index (χ2n) is 6.23. The first kappa shape index (κ1) is 16.5. The average Bonchev–Trinajstić information content (AvgIpc) is 2.63. The van der Waals surface area contributed by atoms with Crippen LogP contribution >= 0.6 is 0 Å². The molecule has 1 aromatic carbocycles. The van der Waals surface area contributed by atoms with Gasteiger partial charge in [0.25, 0.3) is 5.91 Å². The van der Waals surface area contributed by atoms with Crippen molar-refractivity contribution in [1.82, 2.24) is 9.88 Å². The van der Waals surface area contributed by atoms with Gasteiger partial charge in [-0.25, -0.2) is 4.98 Å². The summed E-state index contributed by atoms with van der Waals surface area (Å²) >= 11 is 0. The number of likely N-dealkylation sites (tertiary alicyclic amines) is 1. The van der Waals surface area contributed by atoms with E-state index in [0.29, 0.717) is 23.7 Å². The van der Waals surface area contributed by atoms with Crippen LogP contribution < -0.4 is 4.74 Å². The highest BCUT2D eigenvalue weighted by molar-refractivity contribution is 5.94. The number of ether oxygens (including phenoxy) is 1. The van der Waals surface area contributed by atoms with Gasteiger partial charge in [0, 0.05) is 31.5 Å². The monoisotopic (exact) mass is 326 g/mol. The van der Waals surface area contributed by atoms with E-state index in [2.05, 4.69) is 4.98 Å². The first-order valence-electron chi connectivity index (χ1n) is 8.28. The highest BCUT2D eigenvalue weighted by Crippen LogP contribution is 2.24. The van der Waals surface area contributed by atoms with Gasteiger partial charge in [0.2, 0.25) is 5.88 Å². The van der Waals surface area contributed by atoms with E-state index in [1.807, 2.05) is 42.2 Å². The fourth-order valence-electron chi connectivity index (χ4n) is 2.96. The molecule has 24 heavy (non-hydrogen) atoms. The van der Waals surface area contributed by atoms with Gasteiger partial charge in [-0.3, -0.25) is 4.79 Å². The first-order valence-corrected chi connectivity index (χ1v) is 8.28. The van der Waals surface area contributed by atoms with Crippen LogP contribution in [0.3, 0.4) is 0 Å². The number of aromatic nitrogens is 1. The van der Waals surface area contributed by atoms with Gasteiger partial charge in [-0.1, -0.05) is 18.2 Å². The van der Waals surface area contributed by atoms with Crippen LogP contribution in [0.2, 0.25) is 0 Å². The molecule has 2 aromatic rings. The van der Waals surface area contributed by atoms with E-state index < -0.39 is 0 Å². The first-order chi connectivity index (χ1) is 11.7. The summed E-state index contributed by atoms with van der Waals surface area (Å²) in [5.41, 5.74) is 0.542. The number of rotatable bonds is 4. The number of carbonyl (C=O) groups is 1. The van der Waals surface area contributed by atoms with E-state index in [4.69, 9.17) is 4.74 Å². The summed E-state index contributed by atoms with van der Waals surface area (Å²) in [6.45, 7) is 2.77. The van der Waals surface area contributed by atoms with Crippen LogP contribution in [0.25, 0.3) is 0 Å². The Balaban J connectivity index is 1.69. The molecule has 2 heterocycles. The smallest absolute Gasteiger partial charge is 0.255 e. The third-order valence-corrected chi connectivity index (χ3v) is 4.45. The summed E-state index contributed by atoms with van der Waals surface area (Å²) in [6, 6.07) is 13.0. The summed E-state index contributed by atoms with van der Waals surface area (Å²) in [6.07, 6.45) is 3.43. The third-order valence-electron chi connectivity index (χ3n) is 4.45. The lowest BCUT2D eigenvalue weighted by Crippen LogP contribution is -2.46. The molecule has 0 bridgehead atoms. The minimum absolute atomic E-state index is 0.0422. The number of carbonyl (C=O) groups excluding carboxylic acids is 1. The number of benzene rings is 1. The van der Waals surface area contributed by atoms with Gasteiger partial charge < -0.3 is 14.7 Å². The molecule has 1 aliphatic rings. The fraction of sp³-hybridized carbons (Fsp3) is 0.368. The summed E-state index contributed by atoms with van der Waals surface area (Å²) in [5, 5.41) is 9.36. The van der Waals surface area contributed by atoms with Crippen molar-refractivity contribution in [2.75, 3.05) is 13.2 Å². The Morgan fingerprint density at radius 1 is 1.25 bits per heavy atom. The van der Waals surface area contributed by atoms with Crippen LogP contribution in [0.1, 0.15) is 30.1 Å². The molecule has 5 nitrogen and oxygen atoms in total. The lowest BCUT2D eigenvalue weighted by molar-refractivity contribution is 0.0488. The molecule has 0 aliphatic carbocycles. The Morgan fingerprint density at radius 2 is 2.04 bits per heavy atom. The number of aliphatic hydroxyl groups is 1. The minimum Gasteiger partial charge on any atom is -0.439 e. The predicted molar refractivity (Wildman–Crippen MR) is 91.1 cm³/mol. The lowest BCUT2D eigenvalue weighted by Gasteiger charge is -2.37. The lowest BCUT2D eigenvalue weighted by atomic mass is 9.93. The maximum atomic E-state index is 12.7. The van der Waals surface area contributed by atoms with Crippen molar-refractivity contribution < 1.29 is 14.6 Å². The van der Waals surface area contributed by atoms with Crippen LogP contribution in [0.4, 0.5) is 0 Å². The van der Waals surface area contributed by atoms with Crippen molar-refractivity contribution in [3.05, 3.63) is 54.2 Å². The molecular formula is C19H22N2O3. The molecule has 0 spiro atoms. The van der Waals surface area contributed by atoms with Gasteiger partial charge in [0.15, 0.2) is 0 Å². The van der Waals surface area contributed by atoms with Crippen molar-refractivity contribution in [1.29, 1.82) is 0 Å². The van der Waals surface area contributed by atoms with Crippen molar-refractivity contribution in [3.8, 4) is 11.6 Å². The molecule has 0 radical (unpaired) electrons.